The number of aliphatic hydroxyl groups excluding tert-OH is 1. The Morgan fingerprint density at radius 1 is 1.47 bits per heavy atom. The molecule has 0 aliphatic carbocycles. The van der Waals surface area contributed by atoms with Crippen molar-refractivity contribution < 1.29 is 10.0 Å². The second-order valence-corrected chi connectivity index (χ2v) is 3.63. The summed E-state index contributed by atoms with van der Waals surface area (Å²) in [5.74, 6) is 0. The van der Waals surface area contributed by atoms with Crippen molar-refractivity contribution in [1.82, 2.24) is 0 Å². The molecule has 1 fully saturated rings. The van der Waals surface area contributed by atoms with Crippen molar-refractivity contribution in [3.05, 3.63) is 34.4 Å². The summed E-state index contributed by atoms with van der Waals surface area (Å²) >= 11 is 0. The van der Waals surface area contributed by atoms with Crippen LogP contribution >= 0.6 is 0 Å². The van der Waals surface area contributed by atoms with E-state index in [-0.39, 0.29) is 16.7 Å². The summed E-state index contributed by atoms with van der Waals surface area (Å²) in [5.41, 5.74) is 0.700. The van der Waals surface area contributed by atoms with Crippen molar-refractivity contribution in [2.45, 2.75) is 12.5 Å². The zero-order valence-corrected chi connectivity index (χ0v) is 8.17. The lowest BCUT2D eigenvalue weighted by atomic mass is 10.2. The largest absolute Gasteiger partial charge is 0.391 e. The average Bonchev–Trinajstić information content (AvgIpc) is 2.65. The third-order valence-electron chi connectivity index (χ3n) is 2.58. The molecule has 80 valence electrons. The summed E-state index contributed by atoms with van der Waals surface area (Å²) in [7, 11) is 0. The van der Waals surface area contributed by atoms with E-state index in [1.165, 1.54) is 6.07 Å². The van der Waals surface area contributed by atoms with Crippen LogP contribution in [0, 0.1) is 10.1 Å². The number of β-amino-alcohol motifs (C(OH)–C–C–N with tert-alkyl or cyclic N) is 1. The molecule has 5 nitrogen and oxygen atoms in total. The molecule has 0 bridgehead atoms. The molecule has 0 unspecified atom stereocenters. The van der Waals surface area contributed by atoms with Crippen LogP contribution in [0.4, 0.5) is 11.4 Å². The van der Waals surface area contributed by atoms with Gasteiger partial charge in [0.05, 0.1) is 11.0 Å². The Morgan fingerprint density at radius 2 is 2.20 bits per heavy atom. The molecule has 2 rings (SSSR count). The minimum atomic E-state index is -0.389. The molecule has 1 aromatic carbocycles. The topological polar surface area (TPSA) is 66.6 Å². The maximum absolute atomic E-state index is 10.8. The first-order chi connectivity index (χ1) is 7.18. The van der Waals surface area contributed by atoms with Crippen LogP contribution in [0.1, 0.15) is 6.42 Å². The first-order valence-electron chi connectivity index (χ1n) is 4.85. The minimum Gasteiger partial charge on any atom is -0.391 e. The first-order valence-corrected chi connectivity index (χ1v) is 4.85. The van der Waals surface area contributed by atoms with Gasteiger partial charge in [0.15, 0.2) is 0 Å². The van der Waals surface area contributed by atoms with E-state index in [1.54, 1.807) is 18.2 Å². The van der Waals surface area contributed by atoms with Crippen molar-refractivity contribution in [1.29, 1.82) is 0 Å². The van der Waals surface area contributed by atoms with Crippen LogP contribution in [-0.4, -0.2) is 29.2 Å². The Hall–Kier alpha value is -1.62. The van der Waals surface area contributed by atoms with Gasteiger partial charge in [-0.1, -0.05) is 12.1 Å². The normalized spacial score (nSPS) is 20.6. The van der Waals surface area contributed by atoms with Crippen molar-refractivity contribution >= 4 is 11.4 Å². The summed E-state index contributed by atoms with van der Waals surface area (Å²) in [6.07, 6.45) is 0.302. The molecule has 0 amide bonds. The van der Waals surface area contributed by atoms with Gasteiger partial charge in [0, 0.05) is 19.2 Å². The van der Waals surface area contributed by atoms with Gasteiger partial charge >= 0.3 is 0 Å². The maximum Gasteiger partial charge on any atom is 0.292 e. The third kappa shape index (κ3) is 1.92. The molecule has 1 heterocycles. The quantitative estimate of drug-likeness (QED) is 0.585. The van der Waals surface area contributed by atoms with Crippen LogP contribution in [0.3, 0.4) is 0 Å². The van der Waals surface area contributed by atoms with E-state index >= 15 is 0 Å². The van der Waals surface area contributed by atoms with E-state index in [1.807, 2.05) is 4.90 Å². The predicted octanol–water partition coefficient (Wildman–Crippen LogP) is 1.17. The lowest BCUT2D eigenvalue weighted by Gasteiger charge is -2.17. The van der Waals surface area contributed by atoms with Crippen molar-refractivity contribution in [3.8, 4) is 0 Å². The molecular weight excluding hydrogens is 196 g/mol. The summed E-state index contributed by atoms with van der Waals surface area (Å²) in [5, 5.41) is 20.2. The number of para-hydroxylation sites is 2. The Balaban J connectivity index is 2.31. The van der Waals surface area contributed by atoms with E-state index in [0.717, 1.165) is 0 Å². The van der Waals surface area contributed by atoms with E-state index in [9.17, 15) is 15.2 Å². The van der Waals surface area contributed by atoms with Gasteiger partial charge in [-0.05, 0) is 12.5 Å². The zero-order valence-electron chi connectivity index (χ0n) is 8.17. The lowest BCUT2D eigenvalue weighted by molar-refractivity contribution is -0.384. The number of nitro groups is 1. The number of hydrogen-bond donors (Lipinski definition) is 1. The van der Waals surface area contributed by atoms with Gasteiger partial charge in [-0.15, -0.1) is 0 Å². The molecule has 0 aromatic heterocycles. The number of nitrogens with zero attached hydrogens (tertiary/aromatic N) is 2. The van der Waals surface area contributed by atoms with E-state index < -0.39 is 0 Å². The van der Waals surface area contributed by atoms with Gasteiger partial charge in [-0.25, -0.2) is 0 Å². The number of rotatable bonds is 2. The number of anilines is 1. The summed E-state index contributed by atoms with van der Waals surface area (Å²) in [6.45, 7) is 1.15. The predicted molar refractivity (Wildman–Crippen MR) is 55.9 cm³/mol. The second-order valence-electron chi connectivity index (χ2n) is 3.63. The van der Waals surface area contributed by atoms with E-state index in [0.29, 0.717) is 25.2 Å². The third-order valence-corrected chi connectivity index (χ3v) is 2.58. The number of aliphatic hydroxyl groups is 1. The highest BCUT2D eigenvalue weighted by Crippen LogP contribution is 2.29. The van der Waals surface area contributed by atoms with Crippen LogP contribution in [0.15, 0.2) is 24.3 Å². The molecular formula is C10H12N2O3. The van der Waals surface area contributed by atoms with Crippen molar-refractivity contribution in [3.63, 3.8) is 0 Å². The van der Waals surface area contributed by atoms with Gasteiger partial charge in [0.25, 0.3) is 5.69 Å². The number of benzene rings is 1. The van der Waals surface area contributed by atoms with Gasteiger partial charge in [0.2, 0.25) is 0 Å². The molecule has 1 aliphatic rings. The van der Waals surface area contributed by atoms with Crippen LogP contribution in [-0.2, 0) is 0 Å². The molecule has 15 heavy (non-hydrogen) atoms. The molecule has 1 N–H and O–H groups in total. The van der Waals surface area contributed by atoms with Gasteiger partial charge in [-0.2, -0.15) is 0 Å². The minimum absolute atomic E-state index is 0.103. The average molecular weight is 208 g/mol. The number of hydrogen-bond acceptors (Lipinski definition) is 4. The molecule has 1 saturated heterocycles. The molecule has 1 aliphatic heterocycles. The zero-order chi connectivity index (χ0) is 10.8. The van der Waals surface area contributed by atoms with Gasteiger partial charge < -0.3 is 10.0 Å². The SMILES string of the molecule is O=[N+]([O-])c1ccccc1N1CC[C@H](O)C1. The fourth-order valence-electron chi connectivity index (χ4n) is 1.85. The van der Waals surface area contributed by atoms with E-state index in [4.69, 9.17) is 0 Å². The van der Waals surface area contributed by atoms with Crippen molar-refractivity contribution in [2.24, 2.45) is 0 Å². The highest BCUT2D eigenvalue weighted by atomic mass is 16.6. The summed E-state index contributed by atoms with van der Waals surface area (Å²) in [6, 6.07) is 6.62. The lowest BCUT2D eigenvalue weighted by Crippen LogP contribution is -2.21. The molecule has 0 spiro atoms. The number of nitro benzene ring substituents is 1. The molecule has 5 heteroatoms. The maximum atomic E-state index is 10.8. The molecule has 1 aromatic rings. The van der Waals surface area contributed by atoms with Crippen LogP contribution in [0.2, 0.25) is 0 Å². The van der Waals surface area contributed by atoms with Gasteiger partial charge in [-0.3, -0.25) is 10.1 Å². The highest BCUT2D eigenvalue weighted by molar-refractivity contribution is 5.63. The fraction of sp³-hybridized carbons (Fsp3) is 0.400. The Labute approximate surface area is 87.1 Å². The standard InChI is InChI=1S/C10H12N2O3/c13-8-5-6-11(7-8)9-3-1-2-4-10(9)12(14)15/h1-4,8,13H,5-7H2/t8-/m0/s1. The van der Waals surface area contributed by atoms with E-state index in [2.05, 4.69) is 0 Å². The summed E-state index contributed by atoms with van der Waals surface area (Å²) < 4.78 is 0. The van der Waals surface area contributed by atoms with Gasteiger partial charge in [0.1, 0.15) is 5.69 Å². The molecule has 1 atom stereocenters. The van der Waals surface area contributed by atoms with Crippen LogP contribution in [0.25, 0.3) is 0 Å². The first kappa shape index (κ1) is 9.92. The smallest absolute Gasteiger partial charge is 0.292 e. The van der Waals surface area contributed by atoms with Crippen molar-refractivity contribution in [2.75, 3.05) is 18.0 Å². The van der Waals surface area contributed by atoms with Crippen LogP contribution in [0.5, 0.6) is 0 Å². The molecule has 0 radical (unpaired) electrons. The Morgan fingerprint density at radius 3 is 2.80 bits per heavy atom. The monoisotopic (exact) mass is 208 g/mol. The second kappa shape index (κ2) is 3.86. The highest BCUT2D eigenvalue weighted by Gasteiger charge is 2.25. The molecule has 0 saturated carbocycles. The fourth-order valence-corrected chi connectivity index (χ4v) is 1.85. The Kier molecular flexibility index (Phi) is 2.55. The van der Waals surface area contributed by atoms with Crippen LogP contribution < -0.4 is 4.90 Å². The Bertz CT molecular complexity index is 381. The summed E-state index contributed by atoms with van der Waals surface area (Å²) in [4.78, 5) is 12.2.